The van der Waals surface area contributed by atoms with Gasteiger partial charge in [-0.25, -0.2) is 9.59 Å². The predicted octanol–water partition coefficient (Wildman–Crippen LogP) is 4.33. The Morgan fingerprint density at radius 1 is 0.917 bits per heavy atom. The Hall–Kier alpha value is -3.35. The number of anilines is 1. The summed E-state index contributed by atoms with van der Waals surface area (Å²) in [6, 6.07) is 15.6. The third-order valence-electron chi connectivity index (χ3n) is 5.48. The molecule has 1 aromatic heterocycles. The lowest BCUT2D eigenvalue weighted by atomic mass is 9.77. The molecule has 7 nitrogen and oxygen atoms in total. The number of carboxylic acid groups (broad SMARTS) is 2. The summed E-state index contributed by atoms with van der Waals surface area (Å²) in [5, 5.41) is 14.2. The molecule has 2 aromatic rings. The molecule has 0 saturated carbocycles. The molecule has 198 valence electrons. The number of alkyl halides is 6. The van der Waals surface area contributed by atoms with Crippen LogP contribution in [0.1, 0.15) is 25.1 Å². The molecule has 1 spiro atoms. The van der Waals surface area contributed by atoms with Crippen LogP contribution in [0.2, 0.25) is 0 Å². The summed E-state index contributed by atoms with van der Waals surface area (Å²) in [6.07, 6.45) is -8.22. The third-order valence-corrected chi connectivity index (χ3v) is 5.48. The maximum Gasteiger partial charge on any atom is 0.490 e. The molecular weight excluding hydrogens is 496 g/mol. The van der Waals surface area contributed by atoms with Gasteiger partial charge in [-0.05, 0) is 31.5 Å². The number of benzene rings is 1. The van der Waals surface area contributed by atoms with E-state index in [-0.39, 0.29) is 5.41 Å². The molecule has 2 N–H and O–H groups in total. The van der Waals surface area contributed by atoms with Gasteiger partial charge in [0.15, 0.2) is 0 Å². The first-order valence-electron chi connectivity index (χ1n) is 10.7. The Morgan fingerprint density at radius 2 is 1.42 bits per heavy atom. The summed E-state index contributed by atoms with van der Waals surface area (Å²) in [5.74, 6) is -5.51. The number of hydrogen-bond donors (Lipinski definition) is 2. The van der Waals surface area contributed by atoms with Crippen LogP contribution < -0.4 is 4.90 Å². The SMILES string of the molecule is CC(C)N1CC2(CN(Cc3ccccc3)C2)c2ncccc21.O=C(O)C(F)(F)F.O=C(O)C(F)(F)F. The molecule has 2 aliphatic heterocycles. The van der Waals surface area contributed by atoms with Crippen LogP contribution in [0, 0.1) is 0 Å². The van der Waals surface area contributed by atoms with Crippen LogP contribution in [0.3, 0.4) is 0 Å². The number of hydrogen-bond acceptors (Lipinski definition) is 5. The molecule has 2 aliphatic rings. The summed E-state index contributed by atoms with van der Waals surface area (Å²) in [6.45, 7) is 8.95. The maximum absolute atomic E-state index is 10.6. The number of fused-ring (bicyclic) bond motifs is 2. The van der Waals surface area contributed by atoms with Gasteiger partial charge in [-0.3, -0.25) is 9.88 Å². The van der Waals surface area contributed by atoms with E-state index in [1.54, 1.807) is 0 Å². The average Bonchev–Trinajstić information content (AvgIpc) is 3.10. The molecule has 0 amide bonds. The fourth-order valence-electron chi connectivity index (χ4n) is 4.00. The van der Waals surface area contributed by atoms with Gasteiger partial charge in [-0.2, -0.15) is 26.3 Å². The molecule has 1 aromatic carbocycles. The smallest absolute Gasteiger partial charge is 0.475 e. The summed E-state index contributed by atoms with van der Waals surface area (Å²) >= 11 is 0. The van der Waals surface area contributed by atoms with Crippen LogP contribution in [0.4, 0.5) is 32.0 Å². The lowest BCUT2D eigenvalue weighted by Crippen LogP contribution is -2.61. The van der Waals surface area contributed by atoms with Crippen LogP contribution in [0.5, 0.6) is 0 Å². The summed E-state index contributed by atoms with van der Waals surface area (Å²) in [5.41, 5.74) is 4.30. The van der Waals surface area contributed by atoms with Crippen molar-refractivity contribution in [3.63, 3.8) is 0 Å². The second-order valence-corrected chi connectivity index (χ2v) is 8.61. The zero-order valence-electron chi connectivity index (χ0n) is 19.3. The van der Waals surface area contributed by atoms with Crippen LogP contribution in [-0.4, -0.2) is 70.1 Å². The van der Waals surface area contributed by atoms with Gasteiger partial charge >= 0.3 is 24.3 Å². The van der Waals surface area contributed by atoms with Gasteiger partial charge in [0.05, 0.1) is 16.8 Å². The topological polar surface area (TPSA) is 94.0 Å². The van der Waals surface area contributed by atoms with Crippen LogP contribution in [-0.2, 0) is 21.5 Å². The Bertz CT molecular complexity index is 1010. The zero-order valence-corrected chi connectivity index (χ0v) is 19.3. The highest BCUT2D eigenvalue weighted by Crippen LogP contribution is 2.46. The first-order chi connectivity index (χ1) is 16.6. The van der Waals surface area contributed by atoms with E-state index in [2.05, 4.69) is 66.1 Å². The standard InChI is InChI=1S/C19H23N3.2C2HF3O2/c1-15(2)22-14-19(18-17(22)9-6-10-20-18)12-21(13-19)11-16-7-4-3-5-8-16;2*3-2(4,5)1(6)7/h3-10,15H,11-14H2,1-2H3;2*(H,6,7). The summed E-state index contributed by atoms with van der Waals surface area (Å²) in [4.78, 5) is 27.6. The number of carbonyl (C=O) groups is 2. The molecule has 1 saturated heterocycles. The number of halogens is 6. The molecule has 0 unspecified atom stereocenters. The van der Waals surface area contributed by atoms with Gasteiger partial charge in [0.25, 0.3) is 0 Å². The van der Waals surface area contributed by atoms with Crippen molar-refractivity contribution in [2.45, 2.75) is 44.2 Å². The number of pyridine rings is 1. The monoisotopic (exact) mass is 521 g/mol. The van der Waals surface area contributed by atoms with Gasteiger partial charge in [0, 0.05) is 38.4 Å². The van der Waals surface area contributed by atoms with E-state index in [9.17, 15) is 26.3 Å². The minimum atomic E-state index is -5.08. The fourth-order valence-corrected chi connectivity index (χ4v) is 4.00. The first-order valence-corrected chi connectivity index (χ1v) is 10.7. The highest BCUT2D eigenvalue weighted by Gasteiger charge is 2.52. The summed E-state index contributed by atoms with van der Waals surface area (Å²) < 4.78 is 63.5. The molecule has 0 atom stereocenters. The third kappa shape index (κ3) is 7.33. The molecule has 4 rings (SSSR count). The quantitative estimate of drug-likeness (QED) is 0.581. The van der Waals surface area contributed by atoms with Crippen molar-refractivity contribution in [3.8, 4) is 0 Å². The minimum absolute atomic E-state index is 0.246. The van der Waals surface area contributed by atoms with Crippen molar-refractivity contribution >= 4 is 17.6 Å². The zero-order chi connectivity index (χ0) is 27.3. The number of aliphatic carboxylic acids is 2. The van der Waals surface area contributed by atoms with Crippen molar-refractivity contribution in [2.75, 3.05) is 24.5 Å². The molecular formula is C23H25F6N3O4. The Balaban J connectivity index is 0.000000271. The van der Waals surface area contributed by atoms with Crippen molar-refractivity contribution < 1.29 is 46.1 Å². The van der Waals surface area contributed by atoms with Gasteiger partial charge < -0.3 is 15.1 Å². The van der Waals surface area contributed by atoms with Crippen molar-refractivity contribution in [1.82, 2.24) is 9.88 Å². The van der Waals surface area contributed by atoms with Crippen LogP contribution in [0.15, 0.2) is 48.7 Å². The van der Waals surface area contributed by atoms with E-state index in [0.29, 0.717) is 6.04 Å². The minimum Gasteiger partial charge on any atom is -0.475 e. The molecule has 1 fully saturated rings. The lowest BCUT2D eigenvalue weighted by molar-refractivity contribution is -0.193. The highest BCUT2D eigenvalue weighted by atomic mass is 19.4. The Morgan fingerprint density at radius 3 is 1.86 bits per heavy atom. The van der Waals surface area contributed by atoms with Crippen molar-refractivity contribution in [2.24, 2.45) is 0 Å². The van der Waals surface area contributed by atoms with E-state index in [1.807, 2.05) is 6.20 Å². The molecule has 3 heterocycles. The lowest BCUT2D eigenvalue weighted by Gasteiger charge is -2.48. The number of likely N-dealkylation sites (tertiary alicyclic amines) is 1. The maximum atomic E-state index is 10.6. The number of carboxylic acids is 2. The predicted molar refractivity (Wildman–Crippen MR) is 117 cm³/mol. The molecule has 0 radical (unpaired) electrons. The van der Waals surface area contributed by atoms with E-state index in [4.69, 9.17) is 24.8 Å². The van der Waals surface area contributed by atoms with Gasteiger partial charge in [0.1, 0.15) is 0 Å². The summed E-state index contributed by atoms with van der Waals surface area (Å²) in [7, 11) is 0. The van der Waals surface area contributed by atoms with Crippen molar-refractivity contribution in [3.05, 3.63) is 59.9 Å². The van der Waals surface area contributed by atoms with Gasteiger partial charge in [-0.1, -0.05) is 30.3 Å². The molecule has 13 heteroatoms. The van der Waals surface area contributed by atoms with E-state index < -0.39 is 24.3 Å². The molecule has 0 bridgehead atoms. The van der Waals surface area contributed by atoms with E-state index in [1.165, 1.54) is 16.9 Å². The molecule has 0 aliphatic carbocycles. The van der Waals surface area contributed by atoms with Crippen LogP contribution in [0.25, 0.3) is 0 Å². The molecule has 36 heavy (non-hydrogen) atoms. The fraction of sp³-hybridized carbons (Fsp3) is 0.435. The average molecular weight is 521 g/mol. The van der Waals surface area contributed by atoms with Gasteiger partial charge in [-0.15, -0.1) is 0 Å². The second-order valence-electron chi connectivity index (χ2n) is 8.61. The second kappa shape index (κ2) is 11.1. The number of aromatic nitrogens is 1. The normalized spacial score (nSPS) is 16.3. The number of nitrogens with zero attached hydrogens (tertiary/aromatic N) is 3. The highest BCUT2D eigenvalue weighted by molar-refractivity contribution is 5.73. The van der Waals surface area contributed by atoms with E-state index in [0.717, 1.165) is 26.2 Å². The van der Waals surface area contributed by atoms with Gasteiger partial charge in [0.2, 0.25) is 0 Å². The Kier molecular flexibility index (Phi) is 8.94. The van der Waals surface area contributed by atoms with E-state index >= 15 is 0 Å². The Labute approximate surface area is 203 Å². The largest absolute Gasteiger partial charge is 0.490 e. The van der Waals surface area contributed by atoms with Crippen LogP contribution >= 0.6 is 0 Å². The first kappa shape index (κ1) is 28.9. The van der Waals surface area contributed by atoms with Crippen molar-refractivity contribution in [1.29, 1.82) is 0 Å². The number of rotatable bonds is 3.